The Morgan fingerprint density at radius 1 is 1.29 bits per heavy atom. The molecule has 21 heavy (non-hydrogen) atoms. The lowest BCUT2D eigenvalue weighted by Gasteiger charge is -2.09. The third-order valence-corrected chi connectivity index (χ3v) is 6.84. The number of aromatic amines is 1. The van der Waals surface area contributed by atoms with Crippen molar-refractivity contribution in [1.29, 1.82) is 0 Å². The van der Waals surface area contributed by atoms with Gasteiger partial charge in [0.1, 0.15) is 0 Å². The Hall–Kier alpha value is -0.920. The summed E-state index contributed by atoms with van der Waals surface area (Å²) in [5.41, 5.74) is 0.629. The molecule has 6 nitrogen and oxygen atoms in total. The fourth-order valence-corrected chi connectivity index (χ4v) is 4.57. The highest BCUT2D eigenvalue weighted by molar-refractivity contribution is 7.89. The second-order valence-corrected chi connectivity index (χ2v) is 9.03. The van der Waals surface area contributed by atoms with Crippen molar-refractivity contribution in [1.82, 2.24) is 20.2 Å². The van der Waals surface area contributed by atoms with E-state index in [1.807, 2.05) is 0 Å². The summed E-state index contributed by atoms with van der Waals surface area (Å²) in [6.07, 6.45) is 3.93. The van der Waals surface area contributed by atoms with Gasteiger partial charge in [-0.2, -0.15) is 5.10 Å². The molecule has 0 aromatic carbocycles. The van der Waals surface area contributed by atoms with Crippen molar-refractivity contribution in [2.75, 3.05) is 0 Å². The van der Waals surface area contributed by atoms with Gasteiger partial charge in [-0.25, -0.2) is 13.1 Å². The van der Waals surface area contributed by atoms with Crippen LogP contribution in [0.2, 0.25) is 0 Å². The second kappa shape index (κ2) is 4.54. The highest BCUT2D eigenvalue weighted by Crippen LogP contribution is 2.62. The normalized spacial score (nSPS) is 24.2. The zero-order valence-electron chi connectivity index (χ0n) is 13.0. The summed E-state index contributed by atoms with van der Waals surface area (Å²) in [5.74, 6) is 0. The molecule has 1 aromatic heterocycles. The molecule has 0 unspecified atom stereocenters. The lowest BCUT2D eigenvalue weighted by molar-refractivity contribution is 0.457. The van der Waals surface area contributed by atoms with Crippen molar-refractivity contribution in [2.24, 2.45) is 10.8 Å². The van der Waals surface area contributed by atoms with Crippen LogP contribution in [-0.2, 0) is 16.6 Å². The topological polar surface area (TPSA) is 86.9 Å². The van der Waals surface area contributed by atoms with E-state index in [9.17, 15) is 8.42 Å². The van der Waals surface area contributed by atoms with Crippen molar-refractivity contribution in [3.63, 3.8) is 0 Å². The minimum Gasteiger partial charge on any atom is -0.310 e. The monoisotopic (exact) mass is 312 g/mol. The predicted octanol–water partition coefficient (Wildman–Crippen LogP) is 1.37. The van der Waals surface area contributed by atoms with Crippen LogP contribution in [0.15, 0.2) is 11.2 Å². The summed E-state index contributed by atoms with van der Waals surface area (Å²) >= 11 is 0. The van der Waals surface area contributed by atoms with Gasteiger partial charge in [0.15, 0.2) is 5.03 Å². The van der Waals surface area contributed by atoms with E-state index in [-0.39, 0.29) is 21.9 Å². The standard InChI is InChI=1S/C14H24N4O2S/c1-13(2)12(14(13,3)4)18-21(19,20)11-9(8-16-17-11)7-15-10-5-6-10/h8,10,12,15,18H,5-7H2,1-4H3,(H,16,17). The number of H-pyrrole nitrogens is 1. The first-order valence-electron chi connectivity index (χ1n) is 7.44. The third kappa shape index (κ3) is 2.51. The summed E-state index contributed by atoms with van der Waals surface area (Å²) in [6.45, 7) is 8.88. The first kappa shape index (κ1) is 15.0. The Labute approximate surface area is 126 Å². The molecule has 0 bridgehead atoms. The zero-order chi connectivity index (χ0) is 15.5. The Kier molecular flexibility index (Phi) is 3.24. The van der Waals surface area contributed by atoms with E-state index in [0.717, 1.165) is 0 Å². The summed E-state index contributed by atoms with van der Waals surface area (Å²) in [5, 5.41) is 10.1. The van der Waals surface area contributed by atoms with Crippen molar-refractivity contribution in [3.8, 4) is 0 Å². The van der Waals surface area contributed by atoms with E-state index < -0.39 is 10.0 Å². The summed E-state index contributed by atoms with van der Waals surface area (Å²) in [4.78, 5) is 0. The molecule has 2 fully saturated rings. The van der Waals surface area contributed by atoms with Gasteiger partial charge in [-0.1, -0.05) is 27.7 Å². The lowest BCUT2D eigenvalue weighted by Crippen LogP contribution is -2.31. The Bertz CT molecular complexity index is 630. The van der Waals surface area contributed by atoms with Gasteiger partial charge < -0.3 is 5.32 Å². The van der Waals surface area contributed by atoms with Gasteiger partial charge in [-0.05, 0) is 23.7 Å². The van der Waals surface area contributed by atoms with Crippen LogP contribution in [-0.4, -0.2) is 30.7 Å². The maximum atomic E-state index is 12.6. The maximum Gasteiger partial charge on any atom is 0.258 e. The number of nitrogens with zero attached hydrogens (tertiary/aromatic N) is 1. The van der Waals surface area contributed by atoms with Crippen molar-refractivity contribution >= 4 is 10.0 Å². The minimum atomic E-state index is -3.56. The molecular weight excluding hydrogens is 288 g/mol. The fraction of sp³-hybridized carbons (Fsp3) is 0.786. The van der Waals surface area contributed by atoms with Gasteiger partial charge in [0.25, 0.3) is 10.0 Å². The summed E-state index contributed by atoms with van der Waals surface area (Å²) in [6, 6.07) is 0.479. The van der Waals surface area contributed by atoms with Crippen LogP contribution in [0.5, 0.6) is 0 Å². The Balaban J connectivity index is 1.75. The molecule has 1 heterocycles. The van der Waals surface area contributed by atoms with Crippen LogP contribution in [0.1, 0.15) is 46.1 Å². The summed E-state index contributed by atoms with van der Waals surface area (Å²) in [7, 11) is -3.56. The van der Waals surface area contributed by atoms with E-state index in [2.05, 4.69) is 47.9 Å². The molecule has 0 spiro atoms. The van der Waals surface area contributed by atoms with Crippen molar-refractivity contribution in [2.45, 2.75) is 64.2 Å². The van der Waals surface area contributed by atoms with Crippen LogP contribution in [0.4, 0.5) is 0 Å². The number of aromatic nitrogens is 2. The van der Waals surface area contributed by atoms with Crippen LogP contribution in [0.25, 0.3) is 0 Å². The van der Waals surface area contributed by atoms with Crippen LogP contribution in [0, 0.1) is 10.8 Å². The largest absolute Gasteiger partial charge is 0.310 e. The Morgan fingerprint density at radius 2 is 1.90 bits per heavy atom. The van der Waals surface area contributed by atoms with Gasteiger partial charge in [0.2, 0.25) is 0 Å². The number of sulfonamides is 1. The molecule has 0 aliphatic heterocycles. The lowest BCUT2D eigenvalue weighted by atomic mass is 10.0. The number of hydrogen-bond donors (Lipinski definition) is 3. The van der Waals surface area contributed by atoms with Crippen LogP contribution in [0.3, 0.4) is 0 Å². The average molecular weight is 312 g/mol. The molecule has 118 valence electrons. The van der Waals surface area contributed by atoms with Crippen molar-refractivity contribution in [3.05, 3.63) is 11.8 Å². The van der Waals surface area contributed by atoms with E-state index in [0.29, 0.717) is 18.2 Å². The van der Waals surface area contributed by atoms with Crippen LogP contribution >= 0.6 is 0 Å². The van der Waals surface area contributed by atoms with Crippen molar-refractivity contribution < 1.29 is 8.42 Å². The second-order valence-electron chi connectivity index (χ2n) is 7.38. The van der Waals surface area contributed by atoms with Crippen LogP contribution < -0.4 is 10.0 Å². The first-order valence-corrected chi connectivity index (χ1v) is 8.92. The third-order valence-electron chi connectivity index (χ3n) is 5.40. The van der Waals surface area contributed by atoms with Gasteiger partial charge in [-0.15, -0.1) is 0 Å². The molecule has 7 heteroatoms. The highest BCUT2D eigenvalue weighted by Gasteiger charge is 2.66. The van der Waals surface area contributed by atoms with Gasteiger partial charge >= 0.3 is 0 Å². The van der Waals surface area contributed by atoms with Gasteiger partial charge in [-0.3, -0.25) is 5.10 Å². The molecule has 0 saturated heterocycles. The predicted molar refractivity (Wildman–Crippen MR) is 80.1 cm³/mol. The fourth-order valence-electron chi connectivity index (χ4n) is 2.90. The minimum absolute atomic E-state index is 0.0352. The SMILES string of the molecule is CC1(C)C(NS(=O)(=O)c2[nH]ncc2CNC2CC2)C1(C)C. The number of rotatable bonds is 6. The maximum absolute atomic E-state index is 12.6. The Morgan fingerprint density at radius 3 is 2.43 bits per heavy atom. The first-order chi connectivity index (χ1) is 9.66. The van der Waals surface area contributed by atoms with Gasteiger partial charge in [0.05, 0.1) is 6.20 Å². The number of nitrogens with one attached hydrogen (secondary N) is 3. The molecule has 3 rings (SSSR count). The molecule has 2 aliphatic carbocycles. The van der Waals surface area contributed by atoms with Gasteiger partial charge in [0, 0.05) is 24.2 Å². The smallest absolute Gasteiger partial charge is 0.258 e. The molecule has 0 atom stereocenters. The average Bonchev–Trinajstić information content (AvgIpc) is 3.18. The molecule has 3 N–H and O–H groups in total. The molecule has 0 amide bonds. The quantitative estimate of drug-likeness (QED) is 0.740. The summed E-state index contributed by atoms with van der Waals surface area (Å²) < 4.78 is 28.0. The molecule has 2 saturated carbocycles. The molecule has 1 aromatic rings. The van der Waals surface area contributed by atoms with E-state index >= 15 is 0 Å². The highest BCUT2D eigenvalue weighted by atomic mass is 32.2. The van der Waals surface area contributed by atoms with E-state index in [1.165, 1.54) is 12.8 Å². The zero-order valence-corrected chi connectivity index (χ0v) is 13.8. The molecule has 2 aliphatic rings. The van der Waals surface area contributed by atoms with E-state index in [4.69, 9.17) is 0 Å². The molecular formula is C14H24N4O2S. The molecule has 0 radical (unpaired) electrons. The number of hydrogen-bond acceptors (Lipinski definition) is 4. The van der Waals surface area contributed by atoms with E-state index in [1.54, 1.807) is 6.20 Å².